The van der Waals surface area contributed by atoms with E-state index in [9.17, 15) is 23.1 Å². The Balaban J connectivity index is 1.20. The number of aliphatic hydroxyl groups excluding tert-OH is 1. The van der Waals surface area contributed by atoms with Crippen LogP contribution in [0.15, 0.2) is 42.5 Å². The van der Waals surface area contributed by atoms with Crippen molar-refractivity contribution in [3.05, 3.63) is 53.0 Å². The molecular formula is C25H29F3N4O3S. The van der Waals surface area contributed by atoms with Crippen LogP contribution in [0.2, 0.25) is 0 Å². The molecule has 11 heteroatoms. The van der Waals surface area contributed by atoms with Crippen molar-refractivity contribution in [2.45, 2.75) is 32.2 Å². The number of aliphatic hydroxyl groups is 1. The van der Waals surface area contributed by atoms with Gasteiger partial charge < -0.3 is 15.2 Å². The normalized spacial score (nSPS) is 18.3. The van der Waals surface area contributed by atoms with E-state index in [1.54, 1.807) is 11.3 Å². The second-order valence-electron chi connectivity index (χ2n) is 9.03. The summed E-state index contributed by atoms with van der Waals surface area (Å²) < 4.78 is 44.9. The Kier molecular flexibility index (Phi) is 8.13. The maximum absolute atomic E-state index is 12.7. The van der Waals surface area contributed by atoms with Gasteiger partial charge in [0, 0.05) is 44.0 Å². The maximum Gasteiger partial charge on any atom is 0.416 e. The van der Waals surface area contributed by atoms with Crippen LogP contribution < -0.4 is 10.1 Å². The minimum Gasteiger partial charge on any atom is -0.491 e. The number of amides is 1. The largest absolute Gasteiger partial charge is 0.491 e. The lowest BCUT2D eigenvalue weighted by Crippen LogP contribution is -2.55. The zero-order chi connectivity index (χ0) is 25.9. The molecule has 1 fully saturated rings. The highest BCUT2D eigenvalue weighted by atomic mass is 32.1. The van der Waals surface area contributed by atoms with Crippen LogP contribution >= 0.6 is 11.3 Å². The highest BCUT2D eigenvalue weighted by Crippen LogP contribution is 2.30. The molecule has 2 heterocycles. The summed E-state index contributed by atoms with van der Waals surface area (Å²) in [5, 5.41) is 14.2. The fourth-order valence-electron chi connectivity index (χ4n) is 4.26. The number of rotatable bonds is 8. The van der Waals surface area contributed by atoms with Crippen LogP contribution in [-0.2, 0) is 11.0 Å². The Bertz CT molecular complexity index is 1190. The predicted octanol–water partition coefficient (Wildman–Crippen LogP) is 4.01. The molecule has 1 amide bonds. The number of fused-ring (bicyclic) bond motifs is 1. The smallest absolute Gasteiger partial charge is 0.416 e. The zero-order valence-electron chi connectivity index (χ0n) is 20.1. The summed E-state index contributed by atoms with van der Waals surface area (Å²) in [6.07, 6.45) is -5.08. The van der Waals surface area contributed by atoms with Gasteiger partial charge in [0.2, 0.25) is 5.91 Å². The fraction of sp³-hybridized carbons (Fsp3) is 0.440. The number of anilines is 1. The molecule has 7 nitrogen and oxygen atoms in total. The summed E-state index contributed by atoms with van der Waals surface area (Å²) in [6.45, 7) is 6.70. The number of ether oxygens (including phenoxy) is 1. The first-order valence-corrected chi connectivity index (χ1v) is 12.5. The third-order valence-electron chi connectivity index (χ3n) is 6.07. The molecule has 1 aliphatic rings. The Morgan fingerprint density at radius 3 is 2.69 bits per heavy atom. The van der Waals surface area contributed by atoms with Crippen molar-refractivity contribution in [1.82, 2.24) is 14.8 Å². The number of hydrogen-bond acceptors (Lipinski definition) is 7. The number of hydrogen-bond donors (Lipinski definition) is 2. The maximum atomic E-state index is 12.7. The van der Waals surface area contributed by atoms with Gasteiger partial charge in [-0.2, -0.15) is 13.2 Å². The van der Waals surface area contributed by atoms with Gasteiger partial charge >= 0.3 is 6.18 Å². The van der Waals surface area contributed by atoms with Gasteiger partial charge in [0.05, 0.1) is 27.3 Å². The van der Waals surface area contributed by atoms with Gasteiger partial charge in [-0.15, -0.1) is 11.3 Å². The molecule has 3 aromatic rings. The number of carbonyl (C=O) groups is 1. The number of halogens is 3. The van der Waals surface area contributed by atoms with E-state index in [1.165, 1.54) is 12.1 Å². The van der Waals surface area contributed by atoms with Crippen molar-refractivity contribution in [2.24, 2.45) is 0 Å². The molecule has 1 aliphatic heterocycles. The molecule has 0 bridgehead atoms. The summed E-state index contributed by atoms with van der Waals surface area (Å²) in [6, 6.07) is 10.2. The average Bonchev–Trinajstić information content (AvgIpc) is 3.18. The second-order valence-corrected chi connectivity index (χ2v) is 10.3. The molecule has 2 aromatic carbocycles. The van der Waals surface area contributed by atoms with Gasteiger partial charge in [0.15, 0.2) is 0 Å². The first-order chi connectivity index (χ1) is 17.1. The van der Waals surface area contributed by atoms with Crippen LogP contribution in [0.5, 0.6) is 5.75 Å². The summed E-state index contributed by atoms with van der Waals surface area (Å²) in [5.41, 5.74) is 0.456. The van der Waals surface area contributed by atoms with E-state index in [0.717, 1.165) is 27.4 Å². The van der Waals surface area contributed by atoms with Gasteiger partial charge in [-0.25, -0.2) is 4.98 Å². The van der Waals surface area contributed by atoms with Crippen LogP contribution in [0.25, 0.3) is 10.2 Å². The van der Waals surface area contributed by atoms with E-state index in [4.69, 9.17) is 4.74 Å². The van der Waals surface area contributed by atoms with Crippen LogP contribution in [0, 0.1) is 6.92 Å². The number of piperazine rings is 1. The van der Waals surface area contributed by atoms with Crippen LogP contribution in [0.1, 0.15) is 17.5 Å². The summed E-state index contributed by atoms with van der Waals surface area (Å²) in [5.74, 6) is 0.389. The minimum absolute atomic E-state index is 0.113. The lowest BCUT2D eigenvalue weighted by Gasteiger charge is -2.40. The molecule has 36 heavy (non-hydrogen) atoms. The number of nitrogens with one attached hydrogen (secondary N) is 1. The summed E-state index contributed by atoms with van der Waals surface area (Å²) in [7, 11) is 0. The number of benzene rings is 2. The molecule has 1 aromatic heterocycles. The Labute approximate surface area is 211 Å². The van der Waals surface area contributed by atoms with Gasteiger partial charge in [0.25, 0.3) is 0 Å². The van der Waals surface area contributed by atoms with Crippen LogP contribution in [-0.4, -0.2) is 77.3 Å². The van der Waals surface area contributed by atoms with Crippen LogP contribution in [0.3, 0.4) is 0 Å². The molecule has 0 saturated carbocycles. The van der Waals surface area contributed by atoms with Gasteiger partial charge in [-0.3, -0.25) is 14.6 Å². The van der Waals surface area contributed by atoms with E-state index < -0.39 is 17.8 Å². The summed E-state index contributed by atoms with van der Waals surface area (Å²) >= 11 is 1.62. The van der Waals surface area contributed by atoms with E-state index >= 15 is 0 Å². The topological polar surface area (TPSA) is 77.9 Å². The van der Waals surface area contributed by atoms with E-state index in [0.29, 0.717) is 37.6 Å². The predicted molar refractivity (Wildman–Crippen MR) is 133 cm³/mol. The number of alkyl halides is 3. The number of aromatic nitrogens is 1. The second kappa shape index (κ2) is 11.1. The summed E-state index contributed by atoms with van der Waals surface area (Å²) in [4.78, 5) is 21.0. The fourth-order valence-corrected chi connectivity index (χ4v) is 5.07. The monoisotopic (exact) mass is 522 g/mol. The molecule has 2 atom stereocenters. The lowest BCUT2D eigenvalue weighted by molar-refractivity contribution is -0.137. The lowest BCUT2D eigenvalue weighted by atomic mass is 10.1. The van der Waals surface area contributed by atoms with Crippen molar-refractivity contribution in [3.63, 3.8) is 0 Å². The first kappa shape index (κ1) is 26.3. The van der Waals surface area contributed by atoms with Crippen molar-refractivity contribution in [2.75, 3.05) is 44.6 Å². The molecule has 0 spiro atoms. The number of carbonyl (C=O) groups excluding carboxylic acids is 1. The first-order valence-electron chi connectivity index (χ1n) is 11.7. The van der Waals surface area contributed by atoms with Crippen molar-refractivity contribution in [3.8, 4) is 5.75 Å². The van der Waals surface area contributed by atoms with E-state index in [2.05, 4.69) is 15.2 Å². The third kappa shape index (κ3) is 6.94. The van der Waals surface area contributed by atoms with Crippen molar-refractivity contribution < 1.29 is 27.8 Å². The molecule has 0 aliphatic carbocycles. The molecular weight excluding hydrogens is 493 g/mol. The van der Waals surface area contributed by atoms with Gasteiger partial charge in [-0.05, 0) is 50.2 Å². The van der Waals surface area contributed by atoms with Crippen LogP contribution in [0.4, 0.5) is 18.9 Å². The zero-order valence-corrected chi connectivity index (χ0v) is 20.9. The SMILES string of the molecule is Cc1nc2cc(OCC(O)CN3CCN(CC(=O)Nc4ccc(C(F)(F)F)cc4)CC3C)ccc2s1. The quantitative estimate of drug-likeness (QED) is 0.466. The highest BCUT2D eigenvalue weighted by molar-refractivity contribution is 7.18. The van der Waals surface area contributed by atoms with Crippen molar-refractivity contribution >= 4 is 33.1 Å². The molecule has 2 N–H and O–H groups in total. The average molecular weight is 523 g/mol. The number of thiazole rings is 1. The van der Waals surface area contributed by atoms with Crippen molar-refractivity contribution in [1.29, 1.82) is 0 Å². The number of aryl methyl sites for hydroxylation is 1. The highest BCUT2D eigenvalue weighted by Gasteiger charge is 2.30. The molecule has 2 unspecified atom stereocenters. The Morgan fingerprint density at radius 1 is 1.25 bits per heavy atom. The molecule has 194 valence electrons. The third-order valence-corrected chi connectivity index (χ3v) is 7.02. The van der Waals surface area contributed by atoms with Gasteiger partial charge in [-0.1, -0.05) is 0 Å². The Morgan fingerprint density at radius 2 is 2.00 bits per heavy atom. The standard InChI is InChI=1S/C25H29F3N4O3S/c1-16-12-31(14-24(34)30-19-5-3-18(4-6-19)25(26,27)28)9-10-32(16)13-20(33)15-35-21-7-8-23-22(11-21)29-17(2)36-23/h3-8,11,16,20,33H,9-10,12-15H2,1-2H3,(H,30,34). The molecule has 0 radical (unpaired) electrons. The molecule has 4 rings (SSSR count). The van der Waals surface area contributed by atoms with Gasteiger partial charge in [0.1, 0.15) is 18.5 Å². The minimum atomic E-state index is -4.41. The number of nitrogens with zero attached hydrogens (tertiary/aromatic N) is 3. The number of β-amino-alcohol motifs (C(OH)–C–C–N with tert-alkyl or cyclic N) is 1. The molecule has 1 saturated heterocycles. The Hall–Kier alpha value is -2.73. The van der Waals surface area contributed by atoms with E-state index in [1.807, 2.05) is 36.9 Å². The van der Waals surface area contributed by atoms with E-state index in [-0.39, 0.29) is 25.1 Å².